The zero-order valence-corrected chi connectivity index (χ0v) is 18.0. The second-order valence-corrected chi connectivity index (χ2v) is 8.51. The van der Waals surface area contributed by atoms with Crippen LogP contribution in [0.3, 0.4) is 0 Å². The number of nitrogens with zero attached hydrogens (tertiary/aromatic N) is 1. The van der Waals surface area contributed by atoms with Gasteiger partial charge >= 0.3 is 0 Å². The van der Waals surface area contributed by atoms with E-state index in [0.29, 0.717) is 24.4 Å². The number of amides is 1. The first-order valence-corrected chi connectivity index (χ1v) is 11.1. The Kier molecular flexibility index (Phi) is 6.80. The fourth-order valence-corrected chi connectivity index (χ4v) is 5.26. The summed E-state index contributed by atoms with van der Waals surface area (Å²) in [6.45, 7) is 1.93. The third kappa shape index (κ3) is 4.28. The van der Waals surface area contributed by atoms with Gasteiger partial charge in [-0.3, -0.25) is 9.59 Å². The molecule has 2 aliphatic rings. The standard InChI is InChI=1S/C25H31N3O3/c1-31-11-5-10-27-19-13-20(18-6-3-2-4-7-18)24-23(14-19)28(16-29)22-9-8-17(15-26)12-21(22)25(24)30/h2-4,6-9,12,16,19-20,23-24,27H,5,10-11,13-15,26H2,1H3. The van der Waals surface area contributed by atoms with Crippen molar-refractivity contribution in [2.45, 2.75) is 43.8 Å². The zero-order valence-electron chi connectivity index (χ0n) is 18.0. The summed E-state index contributed by atoms with van der Waals surface area (Å²) in [6.07, 6.45) is 3.44. The number of nitrogens with two attached hydrogens (primary N) is 1. The van der Waals surface area contributed by atoms with E-state index in [-0.39, 0.29) is 29.7 Å². The number of anilines is 1. The van der Waals surface area contributed by atoms with E-state index in [1.165, 1.54) is 0 Å². The van der Waals surface area contributed by atoms with Gasteiger partial charge in [0.15, 0.2) is 5.78 Å². The van der Waals surface area contributed by atoms with E-state index in [0.717, 1.165) is 43.3 Å². The highest BCUT2D eigenvalue weighted by Crippen LogP contribution is 2.47. The van der Waals surface area contributed by atoms with Crippen LogP contribution in [0.25, 0.3) is 0 Å². The first kappa shape index (κ1) is 21.7. The number of carbonyl (C=O) groups is 2. The van der Waals surface area contributed by atoms with Crippen molar-refractivity contribution in [1.82, 2.24) is 5.32 Å². The number of hydrogen-bond donors (Lipinski definition) is 2. The fraction of sp³-hybridized carbons (Fsp3) is 0.440. The molecule has 0 radical (unpaired) electrons. The van der Waals surface area contributed by atoms with Crippen molar-refractivity contribution in [1.29, 1.82) is 0 Å². The first-order chi connectivity index (χ1) is 15.2. The van der Waals surface area contributed by atoms with Crippen LogP contribution in [-0.4, -0.2) is 44.5 Å². The monoisotopic (exact) mass is 421 g/mol. The van der Waals surface area contributed by atoms with Crippen molar-refractivity contribution in [2.75, 3.05) is 25.2 Å². The lowest BCUT2D eigenvalue weighted by Gasteiger charge is -2.48. The maximum absolute atomic E-state index is 13.7. The number of methoxy groups -OCH3 is 1. The Labute approximate surface area is 183 Å². The molecule has 0 bridgehead atoms. The third-order valence-electron chi connectivity index (χ3n) is 6.71. The van der Waals surface area contributed by atoms with Crippen molar-refractivity contribution in [3.8, 4) is 0 Å². The SMILES string of the molecule is COCCCNC1CC(c2ccccc2)C2C(=O)c3cc(CN)ccc3N(C=O)C2C1. The number of carbonyl (C=O) groups excluding carboxylic acids is 2. The number of fused-ring (bicyclic) bond motifs is 2. The van der Waals surface area contributed by atoms with Gasteiger partial charge in [0.2, 0.25) is 6.41 Å². The van der Waals surface area contributed by atoms with Crippen molar-refractivity contribution in [3.63, 3.8) is 0 Å². The minimum Gasteiger partial charge on any atom is -0.385 e. The highest BCUT2D eigenvalue weighted by molar-refractivity contribution is 6.08. The molecule has 164 valence electrons. The number of rotatable bonds is 8. The summed E-state index contributed by atoms with van der Waals surface area (Å²) in [4.78, 5) is 27.8. The molecule has 4 unspecified atom stereocenters. The van der Waals surface area contributed by atoms with E-state index in [2.05, 4.69) is 17.4 Å². The molecule has 31 heavy (non-hydrogen) atoms. The van der Waals surface area contributed by atoms with Crippen molar-refractivity contribution >= 4 is 17.9 Å². The van der Waals surface area contributed by atoms with E-state index < -0.39 is 0 Å². The fourth-order valence-electron chi connectivity index (χ4n) is 5.26. The summed E-state index contributed by atoms with van der Waals surface area (Å²) < 4.78 is 5.17. The van der Waals surface area contributed by atoms with Crippen LogP contribution < -0.4 is 16.0 Å². The minimum absolute atomic E-state index is 0.0458. The summed E-state index contributed by atoms with van der Waals surface area (Å²) in [5.41, 5.74) is 9.19. The van der Waals surface area contributed by atoms with E-state index in [1.807, 2.05) is 36.4 Å². The highest BCUT2D eigenvalue weighted by atomic mass is 16.5. The second-order valence-electron chi connectivity index (χ2n) is 8.51. The average molecular weight is 422 g/mol. The zero-order chi connectivity index (χ0) is 21.8. The molecule has 0 aromatic heterocycles. The van der Waals surface area contributed by atoms with E-state index in [9.17, 15) is 9.59 Å². The van der Waals surface area contributed by atoms with Crippen LogP contribution in [0.15, 0.2) is 48.5 Å². The van der Waals surface area contributed by atoms with Gasteiger partial charge in [-0.05, 0) is 55.0 Å². The topological polar surface area (TPSA) is 84.7 Å². The van der Waals surface area contributed by atoms with Gasteiger partial charge in [-0.1, -0.05) is 36.4 Å². The molecule has 4 atom stereocenters. The normalized spacial score (nSPS) is 25.1. The Morgan fingerprint density at radius 2 is 2.00 bits per heavy atom. The largest absolute Gasteiger partial charge is 0.385 e. The molecule has 2 aromatic rings. The molecule has 3 N–H and O–H groups in total. The van der Waals surface area contributed by atoms with Crippen LogP contribution in [0.1, 0.15) is 46.7 Å². The molecule has 6 nitrogen and oxygen atoms in total. The summed E-state index contributed by atoms with van der Waals surface area (Å²) in [5, 5.41) is 3.64. The number of benzene rings is 2. The Morgan fingerprint density at radius 3 is 2.71 bits per heavy atom. The molecule has 0 spiro atoms. The van der Waals surface area contributed by atoms with Gasteiger partial charge in [0.25, 0.3) is 0 Å². The Hall–Kier alpha value is -2.54. The molecular weight excluding hydrogens is 390 g/mol. The van der Waals surface area contributed by atoms with Crippen molar-refractivity contribution in [2.24, 2.45) is 11.7 Å². The first-order valence-electron chi connectivity index (χ1n) is 11.1. The molecule has 2 aromatic carbocycles. The van der Waals surface area contributed by atoms with Crippen LogP contribution in [0.4, 0.5) is 5.69 Å². The van der Waals surface area contributed by atoms with Crippen LogP contribution in [-0.2, 0) is 16.1 Å². The Bertz CT molecular complexity index is 917. The molecular formula is C25H31N3O3. The molecule has 1 fully saturated rings. The van der Waals surface area contributed by atoms with Gasteiger partial charge in [0, 0.05) is 37.9 Å². The lowest BCUT2D eigenvalue weighted by Crippen LogP contribution is -2.56. The maximum Gasteiger partial charge on any atom is 0.214 e. The predicted octanol–water partition coefficient (Wildman–Crippen LogP) is 2.86. The number of hydrogen-bond acceptors (Lipinski definition) is 5. The average Bonchev–Trinajstić information content (AvgIpc) is 2.82. The lowest BCUT2D eigenvalue weighted by molar-refractivity contribution is -0.108. The molecule has 1 heterocycles. The number of ether oxygens (including phenoxy) is 1. The highest BCUT2D eigenvalue weighted by Gasteiger charge is 2.49. The van der Waals surface area contributed by atoms with E-state index >= 15 is 0 Å². The minimum atomic E-state index is -0.259. The van der Waals surface area contributed by atoms with Crippen LogP contribution >= 0.6 is 0 Å². The van der Waals surface area contributed by atoms with Crippen LogP contribution in [0, 0.1) is 5.92 Å². The summed E-state index contributed by atoms with van der Waals surface area (Å²) >= 11 is 0. The Morgan fingerprint density at radius 1 is 1.19 bits per heavy atom. The maximum atomic E-state index is 13.7. The van der Waals surface area contributed by atoms with Gasteiger partial charge in [0.1, 0.15) is 0 Å². The van der Waals surface area contributed by atoms with Crippen LogP contribution in [0.5, 0.6) is 0 Å². The molecule has 1 amide bonds. The third-order valence-corrected chi connectivity index (χ3v) is 6.71. The number of ketones is 1. The molecule has 4 rings (SSSR count). The molecule has 0 saturated heterocycles. The Balaban J connectivity index is 1.71. The second kappa shape index (κ2) is 9.73. The van der Waals surface area contributed by atoms with E-state index in [1.54, 1.807) is 12.0 Å². The van der Waals surface area contributed by atoms with Gasteiger partial charge in [-0.2, -0.15) is 0 Å². The summed E-state index contributed by atoms with van der Waals surface area (Å²) in [5.74, 6) is -0.0882. The quantitative estimate of drug-likeness (QED) is 0.506. The molecule has 6 heteroatoms. The van der Waals surface area contributed by atoms with Gasteiger partial charge < -0.3 is 20.7 Å². The number of nitrogens with one attached hydrogen (secondary N) is 1. The van der Waals surface area contributed by atoms with Crippen molar-refractivity contribution in [3.05, 3.63) is 65.2 Å². The van der Waals surface area contributed by atoms with Gasteiger partial charge in [0.05, 0.1) is 11.6 Å². The molecule has 1 aliphatic heterocycles. The summed E-state index contributed by atoms with van der Waals surface area (Å²) in [7, 11) is 1.71. The van der Waals surface area contributed by atoms with Gasteiger partial charge in [-0.25, -0.2) is 0 Å². The predicted molar refractivity (Wildman–Crippen MR) is 121 cm³/mol. The molecule has 1 saturated carbocycles. The van der Waals surface area contributed by atoms with Crippen molar-refractivity contribution < 1.29 is 14.3 Å². The molecule has 1 aliphatic carbocycles. The summed E-state index contributed by atoms with van der Waals surface area (Å²) in [6, 6.07) is 15.9. The van der Waals surface area contributed by atoms with Crippen LogP contribution in [0.2, 0.25) is 0 Å². The van der Waals surface area contributed by atoms with E-state index in [4.69, 9.17) is 10.5 Å². The lowest BCUT2D eigenvalue weighted by atomic mass is 9.65. The number of Topliss-reactive ketones (excluding diaryl/α,β-unsaturated/α-hetero) is 1. The van der Waals surface area contributed by atoms with Gasteiger partial charge in [-0.15, -0.1) is 0 Å². The smallest absolute Gasteiger partial charge is 0.214 e.